The molecule has 0 rings (SSSR count). The van der Waals surface area contributed by atoms with E-state index in [1.165, 1.54) is 0 Å². The number of hydrogen-bond donors (Lipinski definition) is 2. The zero-order chi connectivity index (χ0) is 13.4. The minimum atomic E-state index is -0.910. The van der Waals surface area contributed by atoms with Crippen molar-refractivity contribution < 1.29 is 14.7 Å². The van der Waals surface area contributed by atoms with Gasteiger partial charge in [0.15, 0.2) is 0 Å². The van der Waals surface area contributed by atoms with Crippen LogP contribution in [-0.4, -0.2) is 41.6 Å². The fraction of sp³-hybridized carbons (Fsp3) is 0.667. The van der Waals surface area contributed by atoms with Gasteiger partial charge in [0, 0.05) is 19.6 Å². The number of nitrogens with zero attached hydrogens (tertiary/aromatic N) is 1. The molecule has 0 radical (unpaired) electrons. The van der Waals surface area contributed by atoms with Crippen LogP contribution in [0, 0.1) is 5.92 Å². The van der Waals surface area contributed by atoms with E-state index in [0.717, 1.165) is 12.8 Å². The summed E-state index contributed by atoms with van der Waals surface area (Å²) in [5, 5.41) is 11.5. The number of carbonyl (C=O) groups is 2. The predicted molar refractivity (Wildman–Crippen MR) is 66.9 cm³/mol. The van der Waals surface area contributed by atoms with Crippen LogP contribution in [0.3, 0.4) is 0 Å². The Labute approximate surface area is 102 Å². The highest BCUT2D eigenvalue weighted by atomic mass is 16.4. The van der Waals surface area contributed by atoms with Crippen LogP contribution in [0.15, 0.2) is 12.7 Å². The number of carboxylic acid groups (broad SMARTS) is 1. The van der Waals surface area contributed by atoms with Crippen LogP contribution in [0.2, 0.25) is 0 Å². The van der Waals surface area contributed by atoms with E-state index in [2.05, 4.69) is 11.9 Å². The molecule has 0 heterocycles. The molecule has 2 amide bonds. The smallest absolute Gasteiger partial charge is 0.317 e. The molecule has 0 fully saturated rings. The first-order valence-corrected chi connectivity index (χ1v) is 5.75. The standard InChI is InChI=1S/C12H22N2O3/c1-5-6-7-8-14(4)12(17)13-10(3)9(2)11(15)16/h5,9-10H,1,6-8H2,2-4H3,(H,13,17)(H,15,16). The van der Waals surface area contributed by atoms with Crippen molar-refractivity contribution in [2.24, 2.45) is 5.92 Å². The Hall–Kier alpha value is -1.52. The second-order valence-electron chi connectivity index (χ2n) is 4.22. The quantitative estimate of drug-likeness (QED) is 0.527. The summed E-state index contributed by atoms with van der Waals surface area (Å²) < 4.78 is 0. The normalized spacial score (nSPS) is 13.6. The summed E-state index contributed by atoms with van der Waals surface area (Å²) >= 11 is 0. The van der Waals surface area contributed by atoms with Gasteiger partial charge in [0.1, 0.15) is 0 Å². The molecular weight excluding hydrogens is 220 g/mol. The van der Waals surface area contributed by atoms with Gasteiger partial charge in [0.25, 0.3) is 0 Å². The summed E-state index contributed by atoms with van der Waals surface area (Å²) in [6.45, 7) is 7.50. The lowest BCUT2D eigenvalue weighted by Crippen LogP contribution is -2.46. The molecular formula is C12H22N2O3. The first-order valence-electron chi connectivity index (χ1n) is 5.75. The van der Waals surface area contributed by atoms with Crippen LogP contribution in [0.1, 0.15) is 26.7 Å². The number of urea groups is 1. The minimum absolute atomic E-state index is 0.241. The fourth-order valence-electron chi connectivity index (χ4n) is 1.22. The molecule has 5 nitrogen and oxygen atoms in total. The van der Waals surface area contributed by atoms with Crippen LogP contribution in [0.5, 0.6) is 0 Å². The van der Waals surface area contributed by atoms with E-state index in [1.54, 1.807) is 31.9 Å². The molecule has 0 aromatic carbocycles. The Balaban J connectivity index is 4.06. The largest absolute Gasteiger partial charge is 0.481 e. The molecule has 0 aliphatic heterocycles. The molecule has 0 aliphatic carbocycles. The third kappa shape index (κ3) is 5.94. The summed E-state index contributed by atoms with van der Waals surface area (Å²) in [6, 6.07) is -0.628. The maximum atomic E-state index is 11.7. The molecule has 2 N–H and O–H groups in total. The van der Waals surface area contributed by atoms with E-state index in [-0.39, 0.29) is 12.1 Å². The van der Waals surface area contributed by atoms with E-state index in [1.807, 2.05) is 0 Å². The van der Waals surface area contributed by atoms with Gasteiger partial charge in [0.05, 0.1) is 5.92 Å². The van der Waals surface area contributed by atoms with Crippen molar-refractivity contribution >= 4 is 12.0 Å². The Morgan fingerprint density at radius 3 is 2.53 bits per heavy atom. The van der Waals surface area contributed by atoms with Crippen molar-refractivity contribution in [2.45, 2.75) is 32.7 Å². The summed E-state index contributed by atoms with van der Waals surface area (Å²) in [6.07, 6.45) is 3.52. The van der Waals surface area contributed by atoms with Crippen LogP contribution < -0.4 is 5.32 Å². The van der Waals surface area contributed by atoms with Gasteiger partial charge in [-0.1, -0.05) is 6.08 Å². The molecule has 0 saturated heterocycles. The Bertz CT molecular complexity index is 279. The molecule has 98 valence electrons. The third-order valence-electron chi connectivity index (χ3n) is 2.74. The van der Waals surface area contributed by atoms with Crippen molar-refractivity contribution in [1.29, 1.82) is 0 Å². The average molecular weight is 242 g/mol. The van der Waals surface area contributed by atoms with Gasteiger partial charge in [0.2, 0.25) is 0 Å². The first-order chi connectivity index (χ1) is 7.90. The highest BCUT2D eigenvalue weighted by Gasteiger charge is 2.21. The molecule has 0 aliphatic rings. The van der Waals surface area contributed by atoms with Gasteiger partial charge in [-0.2, -0.15) is 0 Å². The molecule has 0 aromatic rings. The Morgan fingerprint density at radius 1 is 1.47 bits per heavy atom. The maximum Gasteiger partial charge on any atom is 0.317 e. The molecule has 0 saturated carbocycles. The number of amides is 2. The van der Waals surface area contributed by atoms with Crippen LogP contribution in [0.4, 0.5) is 4.79 Å². The fourth-order valence-corrected chi connectivity index (χ4v) is 1.22. The number of hydrogen-bond acceptors (Lipinski definition) is 2. The number of rotatable bonds is 7. The van der Waals surface area contributed by atoms with Crippen LogP contribution in [0.25, 0.3) is 0 Å². The van der Waals surface area contributed by atoms with Crippen LogP contribution >= 0.6 is 0 Å². The molecule has 0 spiro atoms. The molecule has 2 atom stereocenters. The second-order valence-corrected chi connectivity index (χ2v) is 4.22. The van der Waals surface area contributed by atoms with Crippen molar-refractivity contribution in [3.63, 3.8) is 0 Å². The summed E-state index contributed by atoms with van der Waals surface area (Å²) in [5.74, 6) is -1.51. The van der Waals surface area contributed by atoms with Crippen molar-refractivity contribution in [3.05, 3.63) is 12.7 Å². The molecule has 2 unspecified atom stereocenters. The molecule has 17 heavy (non-hydrogen) atoms. The summed E-state index contributed by atoms with van der Waals surface area (Å²) in [4.78, 5) is 23.9. The van der Waals surface area contributed by atoms with Gasteiger partial charge in [-0.3, -0.25) is 4.79 Å². The van der Waals surface area contributed by atoms with Crippen LogP contribution in [-0.2, 0) is 4.79 Å². The molecule has 0 aromatic heterocycles. The van der Waals surface area contributed by atoms with E-state index >= 15 is 0 Å². The lowest BCUT2D eigenvalue weighted by molar-refractivity contribution is -0.141. The third-order valence-corrected chi connectivity index (χ3v) is 2.74. The number of unbranched alkanes of at least 4 members (excludes halogenated alkanes) is 1. The van der Waals surface area contributed by atoms with Gasteiger partial charge in [-0.05, 0) is 26.7 Å². The highest BCUT2D eigenvalue weighted by Crippen LogP contribution is 2.03. The number of carbonyl (C=O) groups excluding carboxylic acids is 1. The Kier molecular flexibility index (Phi) is 7.02. The highest BCUT2D eigenvalue weighted by molar-refractivity contribution is 5.76. The summed E-state index contributed by atoms with van der Waals surface area (Å²) in [5.41, 5.74) is 0. The number of aliphatic carboxylic acids is 1. The lowest BCUT2D eigenvalue weighted by atomic mass is 10.0. The van der Waals surface area contributed by atoms with E-state index in [4.69, 9.17) is 5.11 Å². The minimum Gasteiger partial charge on any atom is -0.481 e. The zero-order valence-corrected chi connectivity index (χ0v) is 10.8. The van der Waals surface area contributed by atoms with Gasteiger partial charge >= 0.3 is 12.0 Å². The molecule has 5 heteroatoms. The van der Waals surface area contributed by atoms with E-state index in [0.29, 0.717) is 6.54 Å². The number of nitrogens with one attached hydrogen (secondary N) is 1. The van der Waals surface area contributed by atoms with Crippen molar-refractivity contribution in [2.75, 3.05) is 13.6 Å². The monoisotopic (exact) mass is 242 g/mol. The van der Waals surface area contributed by atoms with Gasteiger partial charge in [-0.15, -0.1) is 6.58 Å². The zero-order valence-electron chi connectivity index (χ0n) is 10.8. The van der Waals surface area contributed by atoms with Gasteiger partial charge < -0.3 is 15.3 Å². The molecule has 0 bridgehead atoms. The van der Waals surface area contributed by atoms with E-state index in [9.17, 15) is 9.59 Å². The SMILES string of the molecule is C=CCCCN(C)C(=O)NC(C)C(C)C(=O)O. The van der Waals surface area contributed by atoms with Crippen molar-refractivity contribution in [1.82, 2.24) is 10.2 Å². The Morgan fingerprint density at radius 2 is 2.06 bits per heavy atom. The maximum absolute atomic E-state index is 11.7. The lowest BCUT2D eigenvalue weighted by Gasteiger charge is -2.23. The number of carboxylic acids is 1. The number of allylic oxidation sites excluding steroid dienone is 1. The van der Waals surface area contributed by atoms with E-state index < -0.39 is 11.9 Å². The van der Waals surface area contributed by atoms with Gasteiger partial charge in [-0.25, -0.2) is 4.79 Å². The topological polar surface area (TPSA) is 69.6 Å². The average Bonchev–Trinajstić information content (AvgIpc) is 2.27. The first kappa shape index (κ1) is 15.5. The predicted octanol–water partition coefficient (Wildman–Crippen LogP) is 1.70. The van der Waals surface area contributed by atoms with Crippen molar-refractivity contribution in [3.8, 4) is 0 Å². The second kappa shape index (κ2) is 7.70. The summed E-state index contributed by atoms with van der Waals surface area (Å²) in [7, 11) is 1.69.